The maximum absolute atomic E-state index is 14.3. The van der Waals surface area contributed by atoms with Gasteiger partial charge in [-0.15, -0.1) is 0 Å². The number of halogens is 10. The van der Waals surface area contributed by atoms with Crippen LogP contribution in [0, 0.1) is 34.3 Å². The normalized spacial score (nSPS) is 23.8. The predicted molar refractivity (Wildman–Crippen MR) is 168 cm³/mol. The Morgan fingerprint density at radius 2 is 0.926 bits per heavy atom. The van der Waals surface area contributed by atoms with Gasteiger partial charge in [-0.1, -0.05) is 13.2 Å². The van der Waals surface area contributed by atoms with E-state index in [0.29, 0.717) is 0 Å². The summed E-state index contributed by atoms with van der Waals surface area (Å²) in [5.41, 5.74) is -9.85. The molecule has 0 aliphatic heterocycles. The largest absolute Gasteiger partial charge is 0.457 e. The zero-order valence-electron chi connectivity index (χ0n) is 27.0. The SMILES string of the molecule is C=C1C[C@@]2(O)c3c(ccc(Oc4cc(F)cc(C#N)c4)c31)C(F)(F)C2(F)F.C=C1C[C@]2(O)c3c(ccc(Oc4cc(F)cc(C#N)c4)c31)C(F)(F)C2(F)F. The molecular weight excluding hydrogens is 738 g/mol. The summed E-state index contributed by atoms with van der Waals surface area (Å²) in [4.78, 5) is 0. The maximum atomic E-state index is 14.3. The van der Waals surface area contributed by atoms with Gasteiger partial charge in [-0.3, -0.25) is 0 Å². The van der Waals surface area contributed by atoms with Gasteiger partial charge in [0.1, 0.15) is 34.6 Å². The van der Waals surface area contributed by atoms with Crippen molar-refractivity contribution in [3.63, 3.8) is 0 Å². The van der Waals surface area contributed by atoms with Crippen LogP contribution in [-0.4, -0.2) is 22.1 Å². The molecule has 4 aliphatic carbocycles. The van der Waals surface area contributed by atoms with Gasteiger partial charge >= 0.3 is 23.7 Å². The lowest BCUT2D eigenvalue weighted by Gasteiger charge is -2.30. The number of nitriles is 2. The highest BCUT2D eigenvalue weighted by Gasteiger charge is 2.79. The molecule has 0 saturated heterocycles. The van der Waals surface area contributed by atoms with E-state index in [1.165, 1.54) is 12.1 Å². The van der Waals surface area contributed by atoms with Crippen LogP contribution in [0.1, 0.15) is 57.3 Å². The van der Waals surface area contributed by atoms with Crippen molar-refractivity contribution in [1.82, 2.24) is 0 Å². The number of ether oxygens (including phenoxy) is 2. The first-order valence-electron chi connectivity index (χ1n) is 15.5. The van der Waals surface area contributed by atoms with Gasteiger partial charge in [-0.2, -0.15) is 45.6 Å². The Labute approximate surface area is 298 Å². The van der Waals surface area contributed by atoms with E-state index in [1.807, 2.05) is 0 Å². The Balaban J connectivity index is 0.000000167. The van der Waals surface area contributed by atoms with Crippen molar-refractivity contribution in [2.75, 3.05) is 0 Å². The Bertz CT molecular complexity index is 2280. The molecule has 0 radical (unpaired) electrons. The molecule has 6 nitrogen and oxygen atoms in total. The highest BCUT2D eigenvalue weighted by molar-refractivity contribution is 5.83. The summed E-state index contributed by atoms with van der Waals surface area (Å²) in [5, 5.41) is 38.6. The Hall–Kier alpha value is -5.84. The second-order valence-corrected chi connectivity index (χ2v) is 13.1. The van der Waals surface area contributed by atoms with Crippen molar-refractivity contribution in [3.8, 4) is 35.1 Å². The number of rotatable bonds is 4. The number of hydrogen-bond donors (Lipinski definition) is 2. The van der Waals surface area contributed by atoms with Crippen LogP contribution in [0.25, 0.3) is 11.1 Å². The highest BCUT2D eigenvalue weighted by Crippen LogP contribution is 2.69. The fourth-order valence-electron chi connectivity index (χ4n) is 7.41. The molecule has 16 heteroatoms. The van der Waals surface area contributed by atoms with Crippen molar-refractivity contribution >= 4 is 11.1 Å². The predicted octanol–water partition coefficient (Wildman–Crippen LogP) is 9.67. The van der Waals surface area contributed by atoms with E-state index in [-0.39, 0.29) is 56.4 Å². The van der Waals surface area contributed by atoms with E-state index in [0.717, 1.165) is 48.5 Å². The van der Waals surface area contributed by atoms with Crippen molar-refractivity contribution in [3.05, 3.63) is 130 Å². The minimum atomic E-state index is -4.72. The Morgan fingerprint density at radius 1 is 0.574 bits per heavy atom. The summed E-state index contributed by atoms with van der Waals surface area (Å²) in [7, 11) is 0. The van der Waals surface area contributed by atoms with Crippen molar-refractivity contribution in [1.29, 1.82) is 10.5 Å². The van der Waals surface area contributed by atoms with Crippen LogP contribution in [0.2, 0.25) is 0 Å². The van der Waals surface area contributed by atoms with Gasteiger partial charge in [-0.05, 0) is 59.7 Å². The fraction of sp³-hybridized carbons (Fsp3) is 0.211. The van der Waals surface area contributed by atoms with E-state index in [9.17, 15) is 54.1 Å². The van der Waals surface area contributed by atoms with Crippen LogP contribution >= 0.6 is 0 Å². The average Bonchev–Trinajstić information content (AvgIpc) is 3.61. The third-order valence-electron chi connectivity index (χ3n) is 9.77. The number of benzene rings is 4. The van der Waals surface area contributed by atoms with Gasteiger partial charge in [0.2, 0.25) is 0 Å². The molecule has 0 bridgehead atoms. The van der Waals surface area contributed by atoms with Crippen LogP contribution in [0.3, 0.4) is 0 Å². The van der Waals surface area contributed by atoms with Gasteiger partial charge in [0.25, 0.3) is 0 Å². The lowest BCUT2D eigenvalue weighted by Crippen LogP contribution is -2.47. The molecule has 4 aromatic carbocycles. The summed E-state index contributed by atoms with van der Waals surface area (Å²) in [6.07, 6.45) is -1.57. The smallest absolute Gasteiger partial charge is 0.346 e. The Morgan fingerprint density at radius 3 is 1.26 bits per heavy atom. The quantitative estimate of drug-likeness (QED) is 0.201. The first-order chi connectivity index (χ1) is 25.1. The standard InChI is InChI=1S/2C19H10F5NO2/c2*1-9-7-17(26)16-13(18(21,22)19(17,23)24)2-3-14(15(9)16)27-12-5-10(8-25)4-11(20)6-12/h2*2-6,26H,1,7H2/t2*17-/m10/s1. The number of nitrogens with zero attached hydrogens (tertiary/aromatic N) is 2. The van der Waals surface area contributed by atoms with Crippen LogP contribution in [0.15, 0.2) is 73.8 Å². The van der Waals surface area contributed by atoms with Crippen LogP contribution in [0.4, 0.5) is 43.9 Å². The zero-order valence-corrected chi connectivity index (χ0v) is 27.0. The molecule has 0 saturated carbocycles. The monoisotopic (exact) mass is 758 g/mol. The summed E-state index contributed by atoms with van der Waals surface area (Å²) in [6, 6.07) is 13.3. The molecule has 0 unspecified atom stereocenters. The minimum absolute atomic E-state index is 0.00330. The second kappa shape index (κ2) is 11.3. The average molecular weight is 759 g/mol. The number of aliphatic hydroxyl groups is 2. The van der Waals surface area contributed by atoms with E-state index in [4.69, 9.17) is 20.0 Å². The van der Waals surface area contributed by atoms with Gasteiger partial charge in [0.15, 0.2) is 11.2 Å². The van der Waals surface area contributed by atoms with Crippen molar-refractivity contribution < 1.29 is 63.6 Å². The van der Waals surface area contributed by atoms with E-state index in [1.54, 1.807) is 12.1 Å². The molecule has 0 fully saturated rings. The maximum Gasteiger partial charge on any atom is 0.346 e. The van der Waals surface area contributed by atoms with E-state index in [2.05, 4.69) is 13.2 Å². The molecular formula is C38H20F10N2O4. The van der Waals surface area contributed by atoms with E-state index >= 15 is 0 Å². The molecule has 4 aliphatic rings. The Kier molecular flexibility index (Phi) is 7.66. The molecule has 0 amide bonds. The first kappa shape index (κ1) is 36.5. The van der Waals surface area contributed by atoms with Crippen LogP contribution in [0.5, 0.6) is 23.0 Å². The van der Waals surface area contributed by atoms with Crippen molar-refractivity contribution in [2.24, 2.45) is 0 Å². The van der Waals surface area contributed by atoms with Gasteiger partial charge in [-0.25, -0.2) is 8.78 Å². The lowest BCUT2D eigenvalue weighted by molar-refractivity contribution is -0.283. The molecule has 0 spiro atoms. The van der Waals surface area contributed by atoms with Gasteiger partial charge in [0, 0.05) is 58.4 Å². The highest BCUT2D eigenvalue weighted by atomic mass is 19.3. The summed E-state index contributed by atoms with van der Waals surface area (Å²) < 4.78 is 152. The lowest BCUT2D eigenvalue weighted by atomic mass is 9.94. The molecule has 276 valence electrons. The third-order valence-corrected chi connectivity index (χ3v) is 9.77. The molecule has 2 atom stereocenters. The van der Waals surface area contributed by atoms with Crippen LogP contribution < -0.4 is 9.47 Å². The summed E-state index contributed by atoms with van der Waals surface area (Å²) in [6.45, 7) is 7.18. The number of hydrogen-bond acceptors (Lipinski definition) is 6. The van der Waals surface area contributed by atoms with Crippen molar-refractivity contribution in [2.45, 2.75) is 47.7 Å². The fourth-order valence-corrected chi connectivity index (χ4v) is 7.41. The molecule has 54 heavy (non-hydrogen) atoms. The van der Waals surface area contributed by atoms with Crippen LogP contribution in [-0.2, 0) is 23.0 Å². The third kappa shape index (κ3) is 4.66. The molecule has 2 N–H and O–H groups in total. The first-order valence-corrected chi connectivity index (χ1v) is 15.5. The van der Waals surface area contributed by atoms with Gasteiger partial charge in [0.05, 0.1) is 23.3 Å². The minimum Gasteiger partial charge on any atom is -0.457 e. The van der Waals surface area contributed by atoms with Gasteiger partial charge < -0.3 is 19.7 Å². The molecule has 8 rings (SSSR count). The summed E-state index contributed by atoms with van der Waals surface area (Å²) >= 11 is 0. The second-order valence-electron chi connectivity index (χ2n) is 13.1. The molecule has 0 aromatic heterocycles. The van der Waals surface area contributed by atoms with E-state index < -0.39 is 81.6 Å². The summed E-state index contributed by atoms with van der Waals surface area (Å²) in [5.74, 6) is -20.6. The number of alkyl halides is 8. The topological polar surface area (TPSA) is 106 Å². The molecule has 4 aromatic rings. The molecule has 0 heterocycles. The zero-order chi connectivity index (χ0) is 39.6.